The molecule has 2 amide bonds. The van der Waals surface area contributed by atoms with Gasteiger partial charge in [-0.15, -0.1) is 0 Å². The predicted octanol–water partition coefficient (Wildman–Crippen LogP) is 2.54. The lowest BCUT2D eigenvalue weighted by molar-refractivity contribution is -0.117. The van der Waals surface area contributed by atoms with Crippen molar-refractivity contribution in [3.8, 4) is 11.5 Å². The number of sulfonamides is 1. The first-order valence-corrected chi connectivity index (χ1v) is 12.4. The summed E-state index contributed by atoms with van der Waals surface area (Å²) in [5.74, 6) is 0.480. The van der Waals surface area contributed by atoms with Crippen molar-refractivity contribution in [2.75, 3.05) is 31.6 Å². The Hall–Kier alpha value is -3.11. The molecule has 0 radical (unpaired) electrons. The number of hydrogen-bond acceptors (Lipinski definition) is 6. The van der Waals surface area contributed by atoms with Crippen LogP contribution in [0.25, 0.3) is 0 Å². The Balaban J connectivity index is 1.51. The van der Waals surface area contributed by atoms with E-state index in [2.05, 4.69) is 15.4 Å². The third-order valence-corrected chi connectivity index (χ3v) is 6.38. The Morgan fingerprint density at radius 2 is 1.67 bits per heavy atom. The quantitative estimate of drug-likeness (QED) is 0.406. The van der Waals surface area contributed by atoms with Gasteiger partial charge in [0.2, 0.25) is 15.9 Å². The van der Waals surface area contributed by atoms with Gasteiger partial charge >= 0.3 is 0 Å². The number of amides is 2. The van der Waals surface area contributed by atoms with E-state index in [9.17, 15) is 18.0 Å². The number of nitrogens with one attached hydrogen (secondary N) is 3. The summed E-state index contributed by atoms with van der Waals surface area (Å²) in [5, 5.41) is 5.49. The standard InChI is InChI=1S/C23H29N3O6S/c1-3-31-19-11-12-21(20(15-19)32-4-2)33(29,30)25-14-13-24-22(27)16-7-9-18(10-8-16)26-23(28)17-5-6-17/h7-12,15,17,25H,3-6,13-14H2,1-2H3,(H,24,27)(H,26,28). The van der Waals surface area contributed by atoms with Crippen molar-refractivity contribution in [2.45, 2.75) is 31.6 Å². The van der Waals surface area contributed by atoms with E-state index in [1.807, 2.05) is 6.92 Å². The van der Waals surface area contributed by atoms with Gasteiger partial charge < -0.3 is 20.1 Å². The van der Waals surface area contributed by atoms with Gasteiger partial charge in [-0.25, -0.2) is 13.1 Å². The minimum atomic E-state index is -3.85. The van der Waals surface area contributed by atoms with E-state index >= 15 is 0 Å². The van der Waals surface area contributed by atoms with Crippen LogP contribution in [0.2, 0.25) is 0 Å². The summed E-state index contributed by atoms with van der Waals surface area (Å²) in [6.07, 6.45) is 1.84. The predicted molar refractivity (Wildman–Crippen MR) is 124 cm³/mol. The molecule has 1 aliphatic carbocycles. The highest BCUT2D eigenvalue weighted by molar-refractivity contribution is 7.89. The van der Waals surface area contributed by atoms with Gasteiger partial charge in [-0.1, -0.05) is 0 Å². The highest BCUT2D eigenvalue weighted by atomic mass is 32.2. The van der Waals surface area contributed by atoms with Gasteiger partial charge in [-0.3, -0.25) is 9.59 Å². The summed E-state index contributed by atoms with van der Waals surface area (Å²) in [4.78, 5) is 24.1. The lowest BCUT2D eigenvalue weighted by Crippen LogP contribution is -2.34. The van der Waals surface area contributed by atoms with Crippen molar-refractivity contribution in [3.05, 3.63) is 48.0 Å². The third kappa shape index (κ3) is 6.93. The zero-order valence-corrected chi connectivity index (χ0v) is 19.5. The van der Waals surface area contributed by atoms with Gasteiger partial charge in [0.1, 0.15) is 16.4 Å². The van der Waals surface area contributed by atoms with E-state index in [1.54, 1.807) is 43.3 Å². The zero-order chi connectivity index (χ0) is 23.8. The van der Waals surface area contributed by atoms with Crippen LogP contribution in [0.15, 0.2) is 47.4 Å². The molecule has 10 heteroatoms. The number of rotatable bonds is 12. The Morgan fingerprint density at radius 3 is 2.30 bits per heavy atom. The smallest absolute Gasteiger partial charge is 0.251 e. The molecule has 0 atom stereocenters. The molecule has 2 aromatic carbocycles. The molecular formula is C23H29N3O6S. The molecule has 9 nitrogen and oxygen atoms in total. The molecule has 0 heterocycles. The molecule has 178 valence electrons. The second-order valence-corrected chi connectivity index (χ2v) is 9.20. The first kappa shape index (κ1) is 24.5. The fraction of sp³-hybridized carbons (Fsp3) is 0.391. The molecule has 0 saturated heterocycles. The first-order chi connectivity index (χ1) is 15.8. The third-order valence-electron chi connectivity index (χ3n) is 4.88. The highest BCUT2D eigenvalue weighted by Crippen LogP contribution is 2.30. The molecule has 33 heavy (non-hydrogen) atoms. The van der Waals surface area contributed by atoms with Crippen LogP contribution in [0.5, 0.6) is 11.5 Å². The van der Waals surface area contributed by atoms with Crippen LogP contribution in [0.3, 0.4) is 0 Å². The summed E-state index contributed by atoms with van der Waals surface area (Å²) in [7, 11) is -3.85. The van der Waals surface area contributed by atoms with Gasteiger partial charge in [0.05, 0.1) is 13.2 Å². The summed E-state index contributed by atoms with van der Waals surface area (Å²) in [6, 6.07) is 11.1. The summed E-state index contributed by atoms with van der Waals surface area (Å²) < 4.78 is 38.8. The molecule has 1 saturated carbocycles. The molecule has 0 bridgehead atoms. The summed E-state index contributed by atoms with van der Waals surface area (Å²) in [5.41, 5.74) is 1.05. The molecule has 2 aromatic rings. The van der Waals surface area contributed by atoms with Gasteiger partial charge in [-0.2, -0.15) is 0 Å². The number of carbonyl (C=O) groups excluding carboxylic acids is 2. The number of anilines is 1. The maximum Gasteiger partial charge on any atom is 0.251 e. The SMILES string of the molecule is CCOc1ccc(S(=O)(=O)NCCNC(=O)c2ccc(NC(=O)C3CC3)cc2)c(OCC)c1. The van der Waals surface area contributed by atoms with Gasteiger partial charge in [0, 0.05) is 36.3 Å². The molecule has 1 aliphatic rings. The minimum Gasteiger partial charge on any atom is -0.494 e. The Kier molecular flexibility index (Phi) is 8.29. The molecule has 3 rings (SSSR count). The summed E-state index contributed by atoms with van der Waals surface area (Å²) >= 11 is 0. The van der Waals surface area contributed by atoms with E-state index < -0.39 is 10.0 Å². The van der Waals surface area contributed by atoms with Gasteiger partial charge in [0.25, 0.3) is 5.91 Å². The molecule has 0 unspecified atom stereocenters. The van der Waals surface area contributed by atoms with Crippen molar-refractivity contribution >= 4 is 27.5 Å². The van der Waals surface area contributed by atoms with E-state index in [-0.39, 0.29) is 41.5 Å². The molecular weight excluding hydrogens is 446 g/mol. The van der Waals surface area contributed by atoms with Crippen LogP contribution in [0.1, 0.15) is 37.0 Å². The van der Waals surface area contributed by atoms with Crippen molar-refractivity contribution in [3.63, 3.8) is 0 Å². The van der Waals surface area contributed by atoms with Gasteiger partial charge in [-0.05, 0) is 63.1 Å². The second kappa shape index (κ2) is 11.2. The van der Waals surface area contributed by atoms with Crippen LogP contribution >= 0.6 is 0 Å². The van der Waals surface area contributed by atoms with Crippen LogP contribution in [0.4, 0.5) is 5.69 Å². The van der Waals surface area contributed by atoms with Crippen molar-refractivity contribution < 1.29 is 27.5 Å². The number of hydrogen-bond donors (Lipinski definition) is 3. The van der Waals surface area contributed by atoms with Crippen molar-refractivity contribution in [1.29, 1.82) is 0 Å². The maximum absolute atomic E-state index is 12.7. The van der Waals surface area contributed by atoms with Crippen LogP contribution in [0, 0.1) is 5.92 Å². The minimum absolute atomic E-state index is 0.000455. The van der Waals surface area contributed by atoms with E-state index in [4.69, 9.17) is 9.47 Å². The van der Waals surface area contributed by atoms with Crippen LogP contribution in [-0.2, 0) is 14.8 Å². The average Bonchev–Trinajstić information content (AvgIpc) is 3.63. The number of carbonyl (C=O) groups is 2. The molecule has 1 fully saturated rings. The average molecular weight is 476 g/mol. The van der Waals surface area contributed by atoms with E-state index in [0.29, 0.717) is 30.2 Å². The van der Waals surface area contributed by atoms with Crippen molar-refractivity contribution in [2.24, 2.45) is 5.92 Å². The van der Waals surface area contributed by atoms with Crippen LogP contribution in [-0.4, -0.2) is 46.5 Å². The normalized spacial score (nSPS) is 13.3. The maximum atomic E-state index is 12.7. The fourth-order valence-corrected chi connectivity index (χ4v) is 4.23. The van der Waals surface area contributed by atoms with E-state index in [1.165, 1.54) is 6.07 Å². The second-order valence-electron chi connectivity index (χ2n) is 7.47. The van der Waals surface area contributed by atoms with Crippen molar-refractivity contribution in [1.82, 2.24) is 10.0 Å². The Labute approximate surface area is 193 Å². The lowest BCUT2D eigenvalue weighted by Gasteiger charge is -2.14. The number of benzene rings is 2. The van der Waals surface area contributed by atoms with Gasteiger partial charge in [0.15, 0.2) is 0 Å². The Morgan fingerprint density at radius 1 is 0.970 bits per heavy atom. The van der Waals surface area contributed by atoms with Crippen LogP contribution < -0.4 is 24.8 Å². The fourth-order valence-electron chi connectivity index (χ4n) is 3.07. The monoisotopic (exact) mass is 475 g/mol. The van der Waals surface area contributed by atoms with E-state index in [0.717, 1.165) is 12.8 Å². The lowest BCUT2D eigenvalue weighted by atomic mass is 10.2. The molecule has 0 spiro atoms. The zero-order valence-electron chi connectivity index (χ0n) is 18.7. The Bertz CT molecular complexity index is 1080. The molecule has 0 aliphatic heterocycles. The molecule has 0 aromatic heterocycles. The largest absolute Gasteiger partial charge is 0.494 e. The number of ether oxygens (including phenoxy) is 2. The topological polar surface area (TPSA) is 123 Å². The summed E-state index contributed by atoms with van der Waals surface area (Å²) in [6.45, 7) is 4.45. The first-order valence-electron chi connectivity index (χ1n) is 10.9. The molecule has 3 N–H and O–H groups in total. The highest BCUT2D eigenvalue weighted by Gasteiger charge is 2.29.